The third-order valence-electron chi connectivity index (χ3n) is 3.15. The van der Waals surface area contributed by atoms with Gasteiger partial charge in [0.25, 0.3) is 0 Å². The molecule has 0 aliphatic heterocycles. The van der Waals surface area contributed by atoms with Crippen LogP contribution in [0.2, 0.25) is 5.02 Å². The van der Waals surface area contributed by atoms with Gasteiger partial charge in [-0.3, -0.25) is 4.79 Å². The zero-order chi connectivity index (χ0) is 16.2. The fourth-order valence-corrected chi connectivity index (χ4v) is 2.23. The van der Waals surface area contributed by atoms with E-state index in [0.29, 0.717) is 17.3 Å². The maximum absolute atomic E-state index is 12.8. The second-order valence-electron chi connectivity index (χ2n) is 5.16. The van der Waals surface area contributed by atoms with E-state index < -0.39 is 5.60 Å². The Morgan fingerprint density at radius 3 is 2.73 bits per heavy atom. The summed E-state index contributed by atoms with van der Waals surface area (Å²) in [4.78, 5) is 16.7. The van der Waals surface area contributed by atoms with Crippen LogP contribution in [-0.4, -0.2) is 32.8 Å². The van der Waals surface area contributed by atoms with Crippen molar-refractivity contribution in [1.82, 2.24) is 14.8 Å². The molecule has 0 N–H and O–H groups in total. The van der Waals surface area contributed by atoms with E-state index in [0.717, 1.165) is 5.56 Å². The number of aromatic nitrogens is 3. The van der Waals surface area contributed by atoms with E-state index in [4.69, 9.17) is 16.3 Å². The fourth-order valence-electron chi connectivity index (χ4n) is 2.04. The van der Waals surface area contributed by atoms with E-state index in [1.165, 1.54) is 17.3 Å². The highest BCUT2D eigenvalue weighted by atomic mass is 35.5. The molecule has 22 heavy (non-hydrogen) atoms. The maximum Gasteiger partial charge on any atom is 0.212 e. The van der Waals surface area contributed by atoms with Gasteiger partial charge in [-0.15, -0.1) is 0 Å². The number of ketones is 1. The fraction of sp³-hybridized carbons (Fsp3) is 0.312. The van der Waals surface area contributed by atoms with Gasteiger partial charge in [-0.05, 0) is 38.5 Å². The standard InChI is InChI=1S/C16H18ClN3O2/c1-4-22-16(2,3)15(21)14(20-11-18-10-19-20)9-12-7-5-6-8-13(12)17/h5-11H,4H2,1-3H3/b14-9-. The van der Waals surface area contributed by atoms with Gasteiger partial charge in [0.15, 0.2) is 0 Å². The van der Waals surface area contributed by atoms with Gasteiger partial charge in [0.05, 0.1) is 0 Å². The van der Waals surface area contributed by atoms with Crippen molar-refractivity contribution in [2.75, 3.05) is 6.61 Å². The Morgan fingerprint density at radius 1 is 1.41 bits per heavy atom. The van der Waals surface area contributed by atoms with Crippen LogP contribution in [0.15, 0.2) is 36.9 Å². The molecular weight excluding hydrogens is 302 g/mol. The summed E-state index contributed by atoms with van der Waals surface area (Å²) >= 11 is 6.18. The van der Waals surface area contributed by atoms with Gasteiger partial charge in [0, 0.05) is 11.6 Å². The molecule has 0 aliphatic rings. The summed E-state index contributed by atoms with van der Waals surface area (Å²) < 4.78 is 6.98. The number of hydrogen-bond donors (Lipinski definition) is 0. The second-order valence-corrected chi connectivity index (χ2v) is 5.57. The number of hydrogen-bond acceptors (Lipinski definition) is 4. The Morgan fingerprint density at radius 2 is 2.14 bits per heavy atom. The molecule has 1 heterocycles. The third kappa shape index (κ3) is 3.61. The molecule has 0 amide bonds. The minimum absolute atomic E-state index is 0.195. The van der Waals surface area contributed by atoms with Crippen molar-refractivity contribution in [1.29, 1.82) is 0 Å². The molecule has 2 rings (SSSR count). The first kappa shape index (κ1) is 16.4. The van der Waals surface area contributed by atoms with Gasteiger partial charge >= 0.3 is 0 Å². The van der Waals surface area contributed by atoms with Gasteiger partial charge in [-0.1, -0.05) is 29.8 Å². The average molecular weight is 320 g/mol. The minimum atomic E-state index is -0.964. The topological polar surface area (TPSA) is 57.0 Å². The lowest BCUT2D eigenvalue weighted by molar-refractivity contribution is -0.133. The molecule has 0 aliphatic carbocycles. The van der Waals surface area contributed by atoms with Crippen LogP contribution in [-0.2, 0) is 9.53 Å². The molecule has 0 saturated heterocycles. The van der Waals surface area contributed by atoms with Crippen LogP contribution in [0.3, 0.4) is 0 Å². The third-order valence-corrected chi connectivity index (χ3v) is 3.49. The van der Waals surface area contributed by atoms with Crippen molar-refractivity contribution in [2.45, 2.75) is 26.4 Å². The number of ether oxygens (including phenoxy) is 1. The average Bonchev–Trinajstić information content (AvgIpc) is 2.99. The maximum atomic E-state index is 12.8. The van der Waals surface area contributed by atoms with Crippen LogP contribution in [0.4, 0.5) is 0 Å². The van der Waals surface area contributed by atoms with Gasteiger partial charge < -0.3 is 4.74 Å². The molecule has 0 bridgehead atoms. The number of halogens is 1. The highest BCUT2D eigenvalue weighted by Gasteiger charge is 2.32. The van der Waals surface area contributed by atoms with E-state index in [1.807, 2.05) is 25.1 Å². The zero-order valence-electron chi connectivity index (χ0n) is 12.8. The van der Waals surface area contributed by atoms with Gasteiger partial charge in [-0.25, -0.2) is 9.67 Å². The van der Waals surface area contributed by atoms with Gasteiger partial charge in [-0.2, -0.15) is 5.10 Å². The van der Waals surface area contributed by atoms with Crippen molar-refractivity contribution in [3.05, 3.63) is 47.5 Å². The lowest BCUT2D eigenvalue weighted by Gasteiger charge is -2.24. The molecule has 1 aromatic heterocycles. The number of nitrogens with zero attached hydrogens (tertiary/aromatic N) is 3. The molecule has 116 valence electrons. The highest BCUT2D eigenvalue weighted by molar-refractivity contribution is 6.33. The first-order chi connectivity index (χ1) is 10.5. The number of rotatable bonds is 6. The number of carbonyl (C=O) groups is 1. The SMILES string of the molecule is CCOC(C)(C)C(=O)/C(=C/c1ccccc1Cl)n1cncn1. The first-order valence-electron chi connectivity index (χ1n) is 6.95. The summed E-state index contributed by atoms with van der Waals surface area (Å²) in [6.45, 7) is 5.75. The normalized spacial score (nSPS) is 12.5. The molecule has 1 aromatic carbocycles. The second kappa shape index (κ2) is 6.85. The Kier molecular flexibility index (Phi) is 5.11. The van der Waals surface area contributed by atoms with Crippen LogP contribution in [0.5, 0.6) is 0 Å². The quantitative estimate of drug-likeness (QED) is 0.766. The van der Waals surface area contributed by atoms with Crippen molar-refractivity contribution in [3.63, 3.8) is 0 Å². The van der Waals surface area contributed by atoms with E-state index >= 15 is 0 Å². The molecule has 5 nitrogen and oxygen atoms in total. The lowest BCUT2D eigenvalue weighted by atomic mass is 9.99. The molecule has 0 atom stereocenters. The molecule has 0 radical (unpaired) electrons. The zero-order valence-corrected chi connectivity index (χ0v) is 13.5. The molecule has 0 saturated carbocycles. The summed E-state index contributed by atoms with van der Waals surface area (Å²) in [6.07, 6.45) is 4.55. The van der Waals surface area contributed by atoms with Crippen LogP contribution >= 0.6 is 11.6 Å². The molecule has 2 aromatic rings. The summed E-state index contributed by atoms with van der Waals surface area (Å²) in [7, 11) is 0. The largest absolute Gasteiger partial charge is 0.368 e. The molecular formula is C16H18ClN3O2. The van der Waals surface area contributed by atoms with Gasteiger partial charge in [0.1, 0.15) is 24.0 Å². The Hall–Kier alpha value is -1.98. The smallest absolute Gasteiger partial charge is 0.212 e. The van der Waals surface area contributed by atoms with E-state index in [2.05, 4.69) is 10.1 Å². The molecule has 0 fully saturated rings. The van der Waals surface area contributed by atoms with Crippen LogP contribution in [0.25, 0.3) is 11.8 Å². The molecule has 0 unspecified atom stereocenters. The van der Waals surface area contributed by atoms with Crippen LogP contribution < -0.4 is 0 Å². The summed E-state index contributed by atoms with van der Waals surface area (Å²) in [5.74, 6) is -0.195. The summed E-state index contributed by atoms with van der Waals surface area (Å²) in [5, 5.41) is 4.61. The number of carbonyl (C=O) groups excluding carboxylic acids is 1. The Bertz CT molecular complexity index is 678. The summed E-state index contributed by atoms with van der Waals surface area (Å²) in [5.41, 5.74) is 0.118. The predicted molar refractivity (Wildman–Crippen MR) is 86.4 cm³/mol. The highest BCUT2D eigenvalue weighted by Crippen LogP contribution is 2.24. The lowest BCUT2D eigenvalue weighted by Crippen LogP contribution is -2.37. The minimum Gasteiger partial charge on any atom is -0.368 e. The van der Waals surface area contributed by atoms with Crippen molar-refractivity contribution < 1.29 is 9.53 Å². The first-order valence-corrected chi connectivity index (χ1v) is 7.33. The summed E-state index contributed by atoms with van der Waals surface area (Å²) in [6, 6.07) is 7.29. The van der Waals surface area contributed by atoms with Crippen molar-refractivity contribution in [3.8, 4) is 0 Å². The predicted octanol–water partition coefficient (Wildman–Crippen LogP) is 3.31. The molecule has 6 heteroatoms. The van der Waals surface area contributed by atoms with E-state index in [9.17, 15) is 4.79 Å². The van der Waals surface area contributed by atoms with Crippen molar-refractivity contribution >= 4 is 29.2 Å². The Labute approximate surface area is 134 Å². The van der Waals surface area contributed by atoms with Crippen LogP contribution in [0, 0.1) is 0 Å². The van der Waals surface area contributed by atoms with Gasteiger partial charge in [0.2, 0.25) is 5.78 Å². The molecule has 0 spiro atoms. The Balaban J connectivity index is 2.50. The van der Waals surface area contributed by atoms with E-state index in [-0.39, 0.29) is 5.78 Å². The van der Waals surface area contributed by atoms with E-state index in [1.54, 1.807) is 26.0 Å². The monoisotopic (exact) mass is 319 g/mol. The van der Waals surface area contributed by atoms with Crippen LogP contribution in [0.1, 0.15) is 26.3 Å². The number of Topliss-reactive ketones (excluding diaryl/α,β-unsaturated/α-hetero) is 1. The van der Waals surface area contributed by atoms with Crippen molar-refractivity contribution in [2.24, 2.45) is 0 Å². The number of benzene rings is 1.